The van der Waals surface area contributed by atoms with Gasteiger partial charge in [-0.3, -0.25) is 0 Å². The maximum atomic E-state index is 11.5. The predicted octanol–water partition coefficient (Wildman–Crippen LogP) is 3.36. The molecule has 0 amide bonds. The lowest BCUT2D eigenvalue weighted by atomic mass is 9.47. The first-order valence-corrected chi connectivity index (χ1v) is 10.5. The molecule has 8 fully saturated rings. The molecule has 2 heteroatoms. The Hall–Kier alpha value is -0.520. The third kappa shape index (κ3) is 1.81. The van der Waals surface area contributed by atoms with E-state index in [2.05, 4.69) is 11.8 Å². The Morgan fingerprint density at radius 2 is 1.21 bits per heavy atom. The highest BCUT2D eigenvalue weighted by Gasteiger charge is 2.58. The van der Waals surface area contributed by atoms with E-state index in [1.807, 2.05) is 0 Å². The van der Waals surface area contributed by atoms with Gasteiger partial charge in [0.1, 0.15) is 5.60 Å². The van der Waals surface area contributed by atoms with Gasteiger partial charge in [0, 0.05) is 0 Å². The van der Waals surface area contributed by atoms with Crippen molar-refractivity contribution < 1.29 is 10.2 Å². The summed E-state index contributed by atoms with van der Waals surface area (Å²) in [7, 11) is 0. The molecule has 5 atom stereocenters. The van der Waals surface area contributed by atoms with Crippen LogP contribution >= 0.6 is 0 Å². The van der Waals surface area contributed by atoms with Gasteiger partial charge >= 0.3 is 0 Å². The van der Waals surface area contributed by atoms with Gasteiger partial charge in [-0.05, 0) is 106 Å². The monoisotopic (exact) mass is 326 g/mol. The summed E-state index contributed by atoms with van der Waals surface area (Å²) < 4.78 is 0. The second-order valence-electron chi connectivity index (χ2n) is 10.6. The van der Waals surface area contributed by atoms with Gasteiger partial charge in [0.15, 0.2) is 0 Å². The van der Waals surface area contributed by atoms with E-state index in [0.717, 1.165) is 36.5 Å². The Balaban J connectivity index is 1.35. The van der Waals surface area contributed by atoms with Gasteiger partial charge in [0.05, 0.1) is 11.5 Å². The van der Waals surface area contributed by atoms with Crippen molar-refractivity contribution in [2.24, 2.45) is 46.8 Å². The van der Waals surface area contributed by atoms with Crippen LogP contribution in [0.1, 0.15) is 64.2 Å². The number of hydrogen-bond donors (Lipinski definition) is 2. The highest BCUT2D eigenvalue weighted by atomic mass is 16.3. The average Bonchev–Trinajstić information content (AvgIpc) is 2.54. The molecule has 0 aliphatic heterocycles. The highest BCUT2D eigenvalue weighted by molar-refractivity contribution is 5.29. The van der Waals surface area contributed by atoms with Crippen molar-refractivity contribution in [2.75, 3.05) is 0 Å². The second-order valence-corrected chi connectivity index (χ2v) is 10.6. The van der Waals surface area contributed by atoms with Crippen LogP contribution in [0.3, 0.4) is 0 Å². The normalized spacial score (nSPS) is 62.6. The van der Waals surface area contributed by atoms with Gasteiger partial charge in [0.2, 0.25) is 0 Å². The first kappa shape index (κ1) is 14.6. The Kier molecular flexibility index (Phi) is 2.80. The second kappa shape index (κ2) is 4.60. The topological polar surface area (TPSA) is 40.5 Å². The van der Waals surface area contributed by atoms with Crippen LogP contribution in [-0.4, -0.2) is 21.9 Å². The molecular formula is C22H30O2. The highest BCUT2D eigenvalue weighted by Crippen LogP contribution is 2.61. The molecule has 0 aromatic rings. The van der Waals surface area contributed by atoms with Crippen LogP contribution in [0.25, 0.3) is 0 Å². The molecule has 0 spiro atoms. The van der Waals surface area contributed by atoms with Crippen LogP contribution in [0.5, 0.6) is 0 Å². The van der Waals surface area contributed by atoms with Crippen molar-refractivity contribution >= 4 is 0 Å². The first-order valence-electron chi connectivity index (χ1n) is 10.5. The molecule has 130 valence electrons. The minimum atomic E-state index is -0.740. The molecule has 8 aliphatic carbocycles. The van der Waals surface area contributed by atoms with Crippen LogP contribution in [0.15, 0.2) is 0 Å². The Labute approximate surface area is 145 Å². The van der Waals surface area contributed by atoms with Crippen molar-refractivity contribution in [1.82, 2.24) is 0 Å². The maximum Gasteiger partial charge on any atom is 0.131 e. The summed E-state index contributed by atoms with van der Waals surface area (Å²) in [6, 6.07) is 0. The molecule has 2 unspecified atom stereocenters. The molecule has 8 bridgehead atoms. The predicted molar refractivity (Wildman–Crippen MR) is 91.8 cm³/mol. The van der Waals surface area contributed by atoms with E-state index < -0.39 is 5.60 Å². The fourth-order valence-corrected chi connectivity index (χ4v) is 8.52. The average molecular weight is 326 g/mol. The van der Waals surface area contributed by atoms with Gasteiger partial charge in [-0.15, -0.1) is 0 Å². The van der Waals surface area contributed by atoms with Crippen molar-refractivity contribution in [3.05, 3.63) is 0 Å². The lowest BCUT2D eigenvalue weighted by molar-refractivity contribution is -0.139. The zero-order chi connectivity index (χ0) is 16.1. The number of aliphatic hydroxyl groups is 2. The molecule has 0 aromatic carbocycles. The van der Waals surface area contributed by atoms with Crippen LogP contribution in [0.4, 0.5) is 0 Å². The zero-order valence-corrected chi connectivity index (χ0v) is 14.6. The van der Waals surface area contributed by atoms with Crippen molar-refractivity contribution in [2.45, 2.75) is 75.9 Å². The minimum Gasteiger partial charge on any atom is -0.391 e. The molecule has 8 aliphatic rings. The summed E-state index contributed by atoms with van der Waals surface area (Å²) in [5.74, 6) is 11.7. The molecule has 2 nitrogen and oxygen atoms in total. The Morgan fingerprint density at radius 1 is 0.667 bits per heavy atom. The summed E-state index contributed by atoms with van der Waals surface area (Å²) in [6.45, 7) is 0. The lowest BCUT2D eigenvalue weighted by Gasteiger charge is -2.58. The van der Waals surface area contributed by atoms with Gasteiger partial charge in [-0.25, -0.2) is 0 Å². The quantitative estimate of drug-likeness (QED) is 0.670. The summed E-state index contributed by atoms with van der Waals surface area (Å²) in [4.78, 5) is 0. The van der Waals surface area contributed by atoms with Crippen LogP contribution in [0, 0.1) is 58.7 Å². The summed E-state index contributed by atoms with van der Waals surface area (Å²) in [6.07, 6.45) is 11.9. The Morgan fingerprint density at radius 3 is 1.79 bits per heavy atom. The number of hydrogen-bond acceptors (Lipinski definition) is 2. The van der Waals surface area contributed by atoms with E-state index >= 15 is 0 Å². The van der Waals surface area contributed by atoms with Crippen molar-refractivity contribution in [3.8, 4) is 11.8 Å². The van der Waals surface area contributed by atoms with E-state index in [-0.39, 0.29) is 11.5 Å². The third-order valence-corrected chi connectivity index (χ3v) is 9.15. The van der Waals surface area contributed by atoms with Gasteiger partial charge in [-0.1, -0.05) is 11.8 Å². The van der Waals surface area contributed by atoms with Gasteiger partial charge in [0.25, 0.3) is 0 Å². The van der Waals surface area contributed by atoms with Crippen LogP contribution < -0.4 is 0 Å². The minimum absolute atomic E-state index is 0.181. The zero-order valence-electron chi connectivity index (χ0n) is 14.6. The molecule has 8 rings (SSSR count). The standard InChI is InChI=1S/C22H30O2/c23-20-17-5-15-4-16(6-17)12-21(20,11-15)1-2-22(24)18-7-13-3-14(9-18)10-19(22)8-13/h13-20,23-24H,3-12H2/t13?,14?,15-,16+,17?,18?,19?,20-,21?,22?/m0/s1. The lowest BCUT2D eigenvalue weighted by Crippen LogP contribution is -2.58. The fraction of sp³-hybridized carbons (Fsp3) is 0.909. The third-order valence-electron chi connectivity index (χ3n) is 9.15. The molecule has 0 saturated heterocycles. The van der Waals surface area contributed by atoms with E-state index in [1.165, 1.54) is 51.4 Å². The fourth-order valence-electron chi connectivity index (χ4n) is 8.52. The number of aliphatic hydroxyl groups excluding tert-OH is 1. The van der Waals surface area contributed by atoms with Crippen molar-refractivity contribution in [1.29, 1.82) is 0 Å². The SMILES string of the molecule is O[C@H]1C2C[C@@H]3C[C@H](C2)CC1(C#CC1(O)C2CC4CC(C2)CC1C4)C3. The summed E-state index contributed by atoms with van der Waals surface area (Å²) in [5.41, 5.74) is -0.921. The smallest absolute Gasteiger partial charge is 0.131 e. The van der Waals surface area contributed by atoms with E-state index in [0.29, 0.717) is 17.8 Å². The van der Waals surface area contributed by atoms with E-state index in [9.17, 15) is 10.2 Å². The van der Waals surface area contributed by atoms with E-state index in [4.69, 9.17) is 0 Å². The van der Waals surface area contributed by atoms with Gasteiger partial charge in [-0.2, -0.15) is 0 Å². The first-order chi connectivity index (χ1) is 11.5. The molecule has 24 heavy (non-hydrogen) atoms. The molecule has 8 saturated carbocycles. The Bertz CT molecular complexity index is 584. The van der Waals surface area contributed by atoms with E-state index in [1.54, 1.807) is 0 Å². The molecule has 2 N–H and O–H groups in total. The molecule has 0 aromatic heterocycles. The molecule has 0 heterocycles. The maximum absolute atomic E-state index is 11.5. The number of rotatable bonds is 0. The largest absolute Gasteiger partial charge is 0.391 e. The summed E-state index contributed by atoms with van der Waals surface area (Å²) in [5, 5.41) is 22.5. The van der Waals surface area contributed by atoms with Gasteiger partial charge < -0.3 is 10.2 Å². The molecule has 0 radical (unpaired) electrons. The van der Waals surface area contributed by atoms with Crippen molar-refractivity contribution in [3.63, 3.8) is 0 Å². The van der Waals surface area contributed by atoms with Crippen LogP contribution in [0.2, 0.25) is 0 Å². The summed E-state index contributed by atoms with van der Waals surface area (Å²) >= 11 is 0. The molecular weight excluding hydrogens is 296 g/mol. The van der Waals surface area contributed by atoms with Crippen LogP contribution in [-0.2, 0) is 0 Å².